The van der Waals surface area contributed by atoms with Crippen molar-refractivity contribution in [3.8, 4) is 0 Å². The lowest BCUT2D eigenvalue weighted by Gasteiger charge is -2.30. The molecule has 0 rings (SSSR count). The van der Waals surface area contributed by atoms with E-state index < -0.39 is 10.4 Å². The van der Waals surface area contributed by atoms with Gasteiger partial charge in [-0.1, -0.05) is 167 Å². The summed E-state index contributed by atoms with van der Waals surface area (Å²) in [5.74, 6) is 0. The first-order chi connectivity index (χ1) is 22.2. The zero-order valence-electron chi connectivity index (χ0n) is 32.0. The normalized spacial score (nSPS) is 12.1. The summed E-state index contributed by atoms with van der Waals surface area (Å²) in [6.07, 6.45) is 48.0. The van der Waals surface area contributed by atoms with Crippen LogP contribution in [0.15, 0.2) is 12.2 Å². The Kier molecular flexibility index (Phi) is 38.8. The highest BCUT2D eigenvalue weighted by molar-refractivity contribution is 7.80. The van der Waals surface area contributed by atoms with Crippen molar-refractivity contribution < 1.29 is 21.6 Å². The Morgan fingerprint density at radius 3 is 0.957 bits per heavy atom. The average molecular weight is 674 g/mol. The molecule has 0 aromatic rings. The van der Waals surface area contributed by atoms with Gasteiger partial charge in [-0.25, -0.2) is 8.42 Å². The Morgan fingerprint density at radius 2 is 0.717 bits per heavy atom. The molecule has 0 aliphatic heterocycles. The molecule has 0 aromatic carbocycles. The van der Waals surface area contributed by atoms with Gasteiger partial charge < -0.3 is 9.04 Å². The molecule has 5 nitrogen and oxygen atoms in total. The summed E-state index contributed by atoms with van der Waals surface area (Å²) in [5, 5.41) is 0. The van der Waals surface area contributed by atoms with Crippen LogP contribution < -0.4 is 0 Å². The van der Waals surface area contributed by atoms with Crippen LogP contribution in [-0.2, 0) is 14.6 Å². The summed E-state index contributed by atoms with van der Waals surface area (Å²) in [6.45, 7) is 8.69. The average Bonchev–Trinajstić information content (AvgIpc) is 3.00. The molecule has 0 N–H and O–H groups in total. The molecule has 0 atom stereocenters. The van der Waals surface area contributed by atoms with Gasteiger partial charge in [0, 0.05) is 0 Å². The minimum atomic E-state index is -4.42. The number of quaternary nitrogens is 1. The summed E-state index contributed by atoms with van der Waals surface area (Å²) < 4.78 is 33.2. The van der Waals surface area contributed by atoms with Crippen LogP contribution in [0.4, 0.5) is 0 Å². The second-order valence-electron chi connectivity index (χ2n) is 14.4. The van der Waals surface area contributed by atoms with Gasteiger partial charge >= 0.3 is 0 Å². The van der Waals surface area contributed by atoms with Gasteiger partial charge in [0.05, 0.1) is 33.8 Å². The topological polar surface area (TPSA) is 66.4 Å². The fourth-order valence-electron chi connectivity index (χ4n) is 6.13. The Morgan fingerprint density at radius 1 is 0.457 bits per heavy atom. The highest BCUT2D eigenvalue weighted by Gasteiger charge is 2.13. The van der Waals surface area contributed by atoms with Crippen molar-refractivity contribution in [3.05, 3.63) is 12.2 Å². The molecule has 0 radical (unpaired) electrons. The van der Waals surface area contributed by atoms with Gasteiger partial charge in [-0.2, -0.15) is 0 Å². The minimum absolute atomic E-state index is 0.0914. The van der Waals surface area contributed by atoms with Gasteiger partial charge in [0.2, 0.25) is 10.4 Å². The van der Waals surface area contributed by atoms with Gasteiger partial charge in [0.25, 0.3) is 0 Å². The zero-order valence-corrected chi connectivity index (χ0v) is 32.8. The van der Waals surface area contributed by atoms with E-state index in [4.69, 9.17) is 0 Å². The van der Waals surface area contributed by atoms with Gasteiger partial charge in [0.1, 0.15) is 0 Å². The first kappa shape index (κ1) is 47.7. The molecule has 0 heterocycles. The monoisotopic (exact) mass is 674 g/mol. The van der Waals surface area contributed by atoms with Crippen LogP contribution in [0.5, 0.6) is 0 Å². The van der Waals surface area contributed by atoms with E-state index in [0.717, 1.165) is 0 Å². The summed E-state index contributed by atoms with van der Waals surface area (Å²) in [7, 11) is 0.498. The molecule has 6 heteroatoms. The Labute approximate surface area is 290 Å². The summed E-state index contributed by atoms with van der Waals surface area (Å²) in [5.41, 5.74) is 0. The van der Waals surface area contributed by atoms with E-state index in [1.54, 1.807) is 0 Å². The molecule has 0 bridgehead atoms. The van der Waals surface area contributed by atoms with Crippen LogP contribution in [0, 0.1) is 0 Å². The molecule has 0 saturated carbocycles. The van der Waals surface area contributed by atoms with Crippen molar-refractivity contribution in [3.63, 3.8) is 0 Å². The number of unbranched alkanes of at least 4 members (excludes halogenated alkanes) is 27. The third-order valence-electron chi connectivity index (χ3n) is 9.15. The fraction of sp³-hybridized carbons (Fsp3) is 0.950. The number of nitrogens with zero attached hydrogens (tertiary/aromatic N) is 1. The lowest BCUT2D eigenvalue weighted by molar-refractivity contribution is -0.890. The lowest BCUT2D eigenvalue weighted by Crippen LogP contribution is -2.41. The molecular formula is C40H83NO4S. The first-order valence-corrected chi connectivity index (χ1v) is 21.6. The second-order valence-corrected chi connectivity index (χ2v) is 15.5. The molecule has 0 saturated heterocycles. The van der Waals surface area contributed by atoms with Crippen LogP contribution in [0.25, 0.3) is 0 Å². The molecule has 0 aliphatic carbocycles. The van der Waals surface area contributed by atoms with Crippen molar-refractivity contribution in [1.82, 2.24) is 0 Å². The molecular weight excluding hydrogens is 591 g/mol. The molecule has 0 fully saturated rings. The smallest absolute Gasteiger partial charge is 0.217 e. The summed E-state index contributed by atoms with van der Waals surface area (Å²) in [4.78, 5) is 0. The Bertz CT molecular complexity index is 708. The highest BCUT2D eigenvalue weighted by atomic mass is 32.3. The van der Waals surface area contributed by atoms with Gasteiger partial charge in [-0.15, -0.1) is 0 Å². The maximum atomic E-state index is 9.45. The fourth-order valence-corrected chi connectivity index (χ4v) is 6.42. The minimum Gasteiger partial charge on any atom is -0.726 e. The first-order valence-electron chi connectivity index (χ1n) is 20.3. The van der Waals surface area contributed by atoms with Crippen molar-refractivity contribution in [2.75, 3.05) is 33.8 Å². The van der Waals surface area contributed by atoms with E-state index >= 15 is 0 Å². The predicted molar refractivity (Wildman–Crippen MR) is 202 cm³/mol. The summed E-state index contributed by atoms with van der Waals surface area (Å²) in [6, 6.07) is 0. The quantitative estimate of drug-likeness (QED) is 0.0221. The van der Waals surface area contributed by atoms with E-state index in [1.165, 1.54) is 217 Å². The van der Waals surface area contributed by atoms with Gasteiger partial charge in [-0.05, 0) is 58.3 Å². The van der Waals surface area contributed by atoms with E-state index in [2.05, 4.69) is 44.3 Å². The maximum Gasteiger partial charge on any atom is 0.217 e. The SMILES string of the molecule is CCCCCCCC/C=C\CCCCCCCC[N+](C)(C)CCCCCCCCCCCCCCCCCC.CCOS(=O)(=O)[O-]. The number of rotatable bonds is 35. The van der Waals surface area contributed by atoms with E-state index in [1.807, 2.05) is 0 Å². The van der Waals surface area contributed by atoms with Crippen LogP contribution in [-0.4, -0.2) is 51.2 Å². The van der Waals surface area contributed by atoms with Crippen LogP contribution in [0.3, 0.4) is 0 Å². The third kappa shape index (κ3) is 45.7. The largest absolute Gasteiger partial charge is 0.726 e. The zero-order chi connectivity index (χ0) is 34.5. The second kappa shape index (κ2) is 37.4. The van der Waals surface area contributed by atoms with Crippen LogP contribution >= 0.6 is 0 Å². The van der Waals surface area contributed by atoms with Crippen LogP contribution in [0.2, 0.25) is 0 Å². The van der Waals surface area contributed by atoms with Crippen molar-refractivity contribution in [2.24, 2.45) is 0 Å². The lowest BCUT2D eigenvalue weighted by atomic mass is 10.0. The predicted octanol–water partition coefficient (Wildman–Crippen LogP) is 12.8. The molecule has 0 aliphatic rings. The Hall–Kier alpha value is -0.430. The van der Waals surface area contributed by atoms with Crippen molar-refractivity contribution in [2.45, 2.75) is 213 Å². The Balaban J connectivity index is 0. The van der Waals surface area contributed by atoms with E-state index in [9.17, 15) is 13.0 Å². The van der Waals surface area contributed by atoms with E-state index in [-0.39, 0.29) is 6.61 Å². The highest BCUT2D eigenvalue weighted by Crippen LogP contribution is 2.15. The summed E-state index contributed by atoms with van der Waals surface area (Å²) >= 11 is 0. The molecule has 0 spiro atoms. The number of allylic oxidation sites excluding steroid dienone is 2. The van der Waals surface area contributed by atoms with Crippen molar-refractivity contribution >= 4 is 10.4 Å². The molecule has 0 aromatic heterocycles. The number of hydrogen-bond donors (Lipinski definition) is 0. The van der Waals surface area contributed by atoms with Crippen molar-refractivity contribution in [1.29, 1.82) is 0 Å². The third-order valence-corrected chi connectivity index (χ3v) is 9.68. The molecule has 46 heavy (non-hydrogen) atoms. The van der Waals surface area contributed by atoms with E-state index in [0.29, 0.717) is 0 Å². The van der Waals surface area contributed by atoms with Gasteiger partial charge in [-0.3, -0.25) is 4.18 Å². The van der Waals surface area contributed by atoms with Gasteiger partial charge in [0.15, 0.2) is 0 Å². The number of hydrogen-bond acceptors (Lipinski definition) is 4. The standard InChI is InChI=1S/C38H78N.C2H6O4S/c1-5-7-9-11-13-15-17-19-21-23-25-27-29-31-33-35-37-39(3,4)38-36-34-32-30-28-26-24-22-20-18-16-14-12-10-8-6-2;1-2-6-7(3,4)5/h19,21H,5-18,20,22-38H2,1-4H3;2H2,1H3,(H,3,4,5)/q+1;/p-1/b21-19-;. The molecule has 278 valence electrons. The van der Waals surface area contributed by atoms with Crippen LogP contribution in [0.1, 0.15) is 213 Å². The maximum absolute atomic E-state index is 9.45. The molecule has 0 unspecified atom stereocenters. The molecule has 0 amide bonds.